The highest BCUT2D eigenvalue weighted by atomic mass is 32.1. The lowest BCUT2D eigenvalue weighted by Crippen LogP contribution is -1.80. The van der Waals surface area contributed by atoms with E-state index in [2.05, 4.69) is 36.7 Å². The van der Waals surface area contributed by atoms with Crippen molar-refractivity contribution in [3.63, 3.8) is 0 Å². The number of hydrogen-bond donors (Lipinski definition) is 0. The van der Waals surface area contributed by atoms with Crippen molar-refractivity contribution < 1.29 is 0 Å². The second-order valence-corrected chi connectivity index (χ2v) is 6.42. The van der Waals surface area contributed by atoms with Crippen LogP contribution < -0.4 is 0 Å². The van der Waals surface area contributed by atoms with Gasteiger partial charge in [-0.3, -0.25) is 0 Å². The average Bonchev–Trinajstić information content (AvgIpc) is 2.95. The number of hydrogen-bond acceptors (Lipinski definition) is 2. The molecular formula is C15H20S2. The van der Waals surface area contributed by atoms with Gasteiger partial charge in [0.2, 0.25) is 0 Å². The van der Waals surface area contributed by atoms with Crippen LogP contribution in [0.5, 0.6) is 0 Å². The summed E-state index contributed by atoms with van der Waals surface area (Å²) < 4.78 is 0. The van der Waals surface area contributed by atoms with Gasteiger partial charge in [-0.15, -0.1) is 11.3 Å². The van der Waals surface area contributed by atoms with Crippen molar-refractivity contribution in [2.75, 3.05) is 0 Å². The second kappa shape index (κ2) is 6.36. The van der Waals surface area contributed by atoms with E-state index in [4.69, 9.17) is 0 Å². The molecule has 0 N–H and O–H groups in total. The largest absolute Gasteiger partial charge is 0.152 e. The van der Waals surface area contributed by atoms with Crippen LogP contribution in [0.2, 0.25) is 0 Å². The Hall–Kier alpha value is -0.600. The Morgan fingerprint density at radius 3 is 2.65 bits per heavy atom. The molecule has 0 aliphatic heterocycles. The lowest BCUT2D eigenvalue weighted by molar-refractivity contribution is 0.804. The van der Waals surface area contributed by atoms with Gasteiger partial charge in [0, 0.05) is 9.75 Å². The summed E-state index contributed by atoms with van der Waals surface area (Å²) in [6.45, 7) is 4.53. The first-order valence-electron chi connectivity index (χ1n) is 6.49. The summed E-state index contributed by atoms with van der Waals surface area (Å²) in [5.74, 6) is 0. The first kappa shape index (κ1) is 12.8. The van der Waals surface area contributed by atoms with Gasteiger partial charge in [0.05, 0.1) is 0 Å². The zero-order chi connectivity index (χ0) is 12.1. The van der Waals surface area contributed by atoms with Crippen molar-refractivity contribution in [3.05, 3.63) is 32.6 Å². The van der Waals surface area contributed by atoms with Gasteiger partial charge in [-0.1, -0.05) is 26.7 Å². The SMILES string of the molecule is CCCCc1cc(-c2ccsc2)c(CCC)s1. The van der Waals surface area contributed by atoms with E-state index in [0.717, 1.165) is 0 Å². The van der Waals surface area contributed by atoms with E-state index in [-0.39, 0.29) is 0 Å². The van der Waals surface area contributed by atoms with Crippen molar-refractivity contribution >= 4 is 22.7 Å². The van der Waals surface area contributed by atoms with E-state index < -0.39 is 0 Å². The summed E-state index contributed by atoms with van der Waals surface area (Å²) in [5, 5.41) is 4.44. The van der Waals surface area contributed by atoms with Crippen molar-refractivity contribution in [1.82, 2.24) is 0 Å². The lowest BCUT2D eigenvalue weighted by Gasteiger charge is -1.98. The summed E-state index contributed by atoms with van der Waals surface area (Å²) >= 11 is 3.82. The Morgan fingerprint density at radius 2 is 2.00 bits per heavy atom. The molecule has 0 aliphatic rings. The first-order chi connectivity index (χ1) is 8.35. The van der Waals surface area contributed by atoms with Crippen LogP contribution in [-0.2, 0) is 12.8 Å². The highest BCUT2D eigenvalue weighted by Gasteiger charge is 2.10. The Bertz CT molecular complexity index is 437. The van der Waals surface area contributed by atoms with Gasteiger partial charge in [0.1, 0.15) is 0 Å². The average molecular weight is 264 g/mol. The molecule has 0 aromatic carbocycles. The Labute approximate surface area is 112 Å². The molecule has 2 heteroatoms. The molecule has 0 saturated carbocycles. The van der Waals surface area contributed by atoms with Crippen LogP contribution in [0.3, 0.4) is 0 Å². The van der Waals surface area contributed by atoms with Crippen molar-refractivity contribution in [2.45, 2.75) is 46.0 Å². The second-order valence-electron chi connectivity index (χ2n) is 4.42. The lowest BCUT2D eigenvalue weighted by atomic mass is 10.1. The topological polar surface area (TPSA) is 0 Å². The third kappa shape index (κ3) is 3.20. The third-order valence-electron chi connectivity index (χ3n) is 2.95. The fraction of sp³-hybridized carbons (Fsp3) is 0.467. The van der Waals surface area contributed by atoms with Crippen LogP contribution in [0, 0.1) is 0 Å². The Morgan fingerprint density at radius 1 is 1.12 bits per heavy atom. The molecule has 0 radical (unpaired) electrons. The highest BCUT2D eigenvalue weighted by molar-refractivity contribution is 7.12. The minimum Gasteiger partial charge on any atom is -0.152 e. The van der Waals surface area contributed by atoms with E-state index in [9.17, 15) is 0 Å². The van der Waals surface area contributed by atoms with E-state index in [1.165, 1.54) is 43.2 Å². The Balaban J connectivity index is 2.25. The number of unbranched alkanes of at least 4 members (excludes halogenated alkanes) is 1. The zero-order valence-corrected chi connectivity index (χ0v) is 12.3. The van der Waals surface area contributed by atoms with Gasteiger partial charge in [0.25, 0.3) is 0 Å². The van der Waals surface area contributed by atoms with Gasteiger partial charge >= 0.3 is 0 Å². The molecule has 0 amide bonds. The minimum atomic E-state index is 1.22. The minimum absolute atomic E-state index is 1.22. The van der Waals surface area contributed by atoms with Crippen molar-refractivity contribution in [1.29, 1.82) is 0 Å². The molecule has 0 atom stereocenters. The molecule has 0 nitrogen and oxygen atoms in total. The first-order valence-corrected chi connectivity index (χ1v) is 8.25. The van der Waals surface area contributed by atoms with Gasteiger partial charge in [-0.2, -0.15) is 11.3 Å². The molecule has 92 valence electrons. The summed E-state index contributed by atoms with van der Waals surface area (Å²) in [4.78, 5) is 3.15. The summed E-state index contributed by atoms with van der Waals surface area (Å²) in [6.07, 6.45) is 6.32. The fourth-order valence-corrected chi connectivity index (χ4v) is 4.02. The molecule has 0 saturated heterocycles. The molecular weight excluding hydrogens is 244 g/mol. The quantitative estimate of drug-likeness (QED) is 0.621. The van der Waals surface area contributed by atoms with E-state index >= 15 is 0 Å². The van der Waals surface area contributed by atoms with Crippen LogP contribution in [0.4, 0.5) is 0 Å². The monoisotopic (exact) mass is 264 g/mol. The van der Waals surface area contributed by atoms with Gasteiger partial charge in [-0.25, -0.2) is 0 Å². The molecule has 2 aromatic rings. The van der Waals surface area contributed by atoms with E-state index in [1.54, 1.807) is 21.1 Å². The third-order valence-corrected chi connectivity index (χ3v) is 4.88. The number of thiophene rings is 2. The molecule has 2 aromatic heterocycles. The van der Waals surface area contributed by atoms with Crippen LogP contribution >= 0.6 is 22.7 Å². The van der Waals surface area contributed by atoms with Crippen LogP contribution in [-0.4, -0.2) is 0 Å². The molecule has 17 heavy (non-hydrogen) atoms. The smallest absolute Gasteiger partial charge is 0.0127 e. The van der Waals surface area contributed by atoms with E-state index in [0.29, 0.717) is 0 Å². The summed E-state index contributed by atoms with van der Waals surface area (Å²) in [6, 6.07) is 4.67. The standard InChI is InChI=1S/C15H20S2/c1-3-5-7-13-10-14(12-8-9-16-11-12)15(17-13)6-4-2/h8-11H,3-7H2,1-2H3. The zero-order valence-electron chi connectivity index (χ0n) is 10.7. The van der Waals surface area contributed by atoms with Crippen LogP contribution in [0.15, 0.2) is 22.9 Å². The maximum absolute atomic E-state index is 2.42. The number of rotatable bonds is 6. The predicted octanol–water partition coefficient (Wildman–Crippen LogP) is 5.77. The number of aryl methyl sites for hydroxylation is 2. The predicted molar refractivity (Wildman–Crippen MR) is 80.2 cm³/mol. The summed E-state index contributed by atoms with van der Waals surface area (Å²) in [7, 11) is 0. The molecule has 0 fully saturated rings. The van der Waals surface area contributed by atoms with Crippen LogP contribution in [0.1, 0.15) is 42.9 Å². The maximum Gasteiger partial charge on any atom is 0.0127 e. The van der Waals surface area contributed by atoms with Crippen molar-refractivity contribution in [2.24, 2.45) is 0 Å². The molecule has 0 unspecified atom stereocenters. The molecule has 0 bridgehead atoms. The highest BCUT2D eigenvalue weighted by Crippen LogP contribution is 2.34. The molecule has 2 heterocycles. The van der Waals surface area contributed by atoms with Gasteiger partial charge in [0.15, 0.2) is 0 Å². The molecule has 2 rings (SSSR count). The van der Waals surface area contributed by atoms with Gasteiger partial charge in [-0.05, 0) is 53.3 Å². The fourth-order valence-electron chi connectivity index (χ4n) is 2.03. The van der Waals surface area contributed by atoms with Crippen LogP contribution in [0.25, 0.3) is 11.1 Å². The summed E-state index contributed by atoms with van der Waals surface area (Å²) in [5.41, 5.74) is 2.90. The normalized spacial score (nSPS) is 10.9. The molecule has 0 spiro atoms. The Kier molecular flexibility index (Phi) is 4.81. The maximum atomic E-state index is 2.42. The molecule has 0 aliphatic carbocycles. The van der Waals surface area contributed by atoms with Gasteiger partial charge < -0.3 is 0 Å². The van der Waals surface area contributed by atoms with E-state index in [1.807, 2.05) is 11.3 Å². The van der Waals surface area contributed by atoms with Crippen molar-refractivity contribution in [3.8, 4) is 11.1 Å².